The van der Waals surface area contributed by atoms with Crippen LogP contribution in [-0.2, 0) is 23.0 Å². The molecule has 0 atom stereocenters. The van der Waals surface area contributed by atoms with Crippen LogP contribution in [0.3, 0.4) is 0 Å². The molecule has 7 heteroatoms. The highest BCUT2D eigenvalue weighted by atomic mass is 32.2. The van der Waals surface area contributed by atoms with Crippen molar-refractivity contribution in [3.63, 3.8) is 0 Å². The van der Waals surface area contributed by atoms with Gasteiger partial charge in [0, 0.05) is 38.4 Å². The van der Waals surface area contributed by atoms with Gasteiger partial charge in [0.2, 0.25) is 10.0 Å². The van der Waals surface area contributed by atoms with Crippen molar-refractivity contribution in [3.8, 4) is 0 Å². The van der Waals surface area contributed by atoms with E-state index in [0.29, 0.717) is 4.90 Å². The van der Waals surface area contributed by atoms with Crippen molar-refractivity contribution in [1.82, 2.24) is 9.46 Å². The molecule has 0 fully saturated rings. The summed E-state index contributed by atoms with van der Waals surface area (Å²) in [5, 5.41) is 3.99. The van der Waals surface area contributed by atoms with Crippen molar-refractivity contribution >= 4 is 15.7 Å². The maximum Gasteiger partial charge on any atom is 0.242 e. The minimum atomic E-state index is -3.39. The summed E-state index contributed by atoms with van der Waals surface area (Å²) in [7, 11) is -0.294. The summed E-state index contributed by atoms with van der Waals surface area (Å²) in [6.07, 6.45) is 0.843. The molecule has 0 N–H and O–H groups in total. The summed E-state index contributed by atoms with van der Waals surface area (Å²) in [5.41, 5.74) is 4.16. The lowest BCUT2D eigenvalue weighted by Crippen LogP contribution is -2.22. The molecule has 0 saturated carbocycles. The number of nitrogens with zero attached hydrogens (tertiary/aromatic N) is 3. The average molecular weight is 335 g/mol. The maximum atomic E-state index is 12.3. The third-order valence-corrected chi connectivity index (χ3v) is 6.16. The van der Waals surface area contributed by atoms with E-state index in [1.54, 1.807) is 26.2 Å². The second kappa shape index (κ2) is 5.65. The van der Waals surface area contributed by atoms with E-state index in [9.17, 15) is 8.42 Å². The smallest absolute Gasteiger partial charge is 0.242 e. The van der Waals surface area contributed by atoms with Crippen LogP contribution in [0.1, 0.15) is 22.6 Å². The van der Waals surface area contributed by atoms with Gasteiger partial charge in [-0.15, -0.1) is 0 Å². The fourth-order valence-electron chi connectivity index (χ4n) is 2.90. The van der Waals surface area contributed by atoms with Gasteiger partial charge in [0.1, 0.15) is 5.76 Å². The number of benzene rings is 1. The third kappa shape index (κ3) is 2.74. The quantitative estimate of drug-likeness (QED) is 0.856. The van der Waals surface area contributed by atoms with Crippen LogP contribution in [0.4, 0.5) is 5.69 Å². The monoisotopic (exact) mass is 335 g/mol. The highest BCUT2D eigenvalue weighted by Gasteiger charge is 2.25. The Morgan fingerprint density at radius 1 is 1.30 bits per heavy atom. The van der Waals surface area contributed by atoms with Crippen LogP contribution in [0.25, 0.3) is 0 Å². The van der Waals surface area contributed by atoms with Gasteiger partial charge >= 0.3 is 0 Å². The molecule has 0 spiro atoms. The Kier molecular flexibility index (Phi) is 3.93. The Balaban J connectivity index is 1.90. The standard InChI is InChI=1S/C16H21N3O3S/c1-11-15(12(2)22-17-11)10-19-8-7-13-9-14(5-6-16(13)19)23(20,21)18(3)4/h5-6,9H,7-8,10H2,1-4H3. The SMILES string of the molecule is Cc1noc(C)c1CN1CCc2cc(S(=O)(=O)N(C)C)ccc21. The summed E-state index contributed by atoms with van der Waals surface area (Å²) in [4.78, 5) is 2.59. The van der Waals surface area contributed by atoms with E-state index >= 15 is 0 Å². The van der Waals surface area contributed by atoms with E-state index in [0.717, 1.165) is 47.8 Å². The van der Waals surface area contributed by atoms with Gasteiger partial charge in [-0.25, -0.2) is 12.7 Å². The van der Waals surface area contributed by atoms with E-state index in [1.165, 1.54) is 4.31 Å². The van der Waals surface area contributed by atoms with Gasteiger partial charge in [0.15, 0.2) is 0 Å². The highest BCUT2D eigenvalue weighted by Crippen LogP contribution is 2.32. The molecule has 0 saturated heterocycles. The van der Waals surface area contributed by atoms with Crippen LogP contribution in [0.15, 0.2) is 27.6 Å². The van der Waals surface area contributed by atoms with Crippen molar-refractivity contribution in [1.29, 1.82) is 0 Å². The molecule has 6 nitrogen and oxygen atoms in total. The molecule has 2 aromatic rings. The Morgan fingerprint density at radius 2 is 2.04 bits per heavy atom. The van der Waals surface area contributed by atoms with Gasteiger partial charge in [-0.1, -0.05) is 5.16 Å². The zero-order valence-electron chi connectivity index (χ0n) is 13.8. The molecule has 1 aromatic heterocycles. The maximum absolute atomic E-state index is 12.3. The zero-order chi connectivity index (χ0) is 16.8. The number of fused-ring (bicyclic) bond motifs is 1. The number of aryl methyl sites for hydroxylation is 2. The van der Waals surface area contributed by atoms with Crippen LogP contribution in [-0.4, -0.2) is 38.5 Å². The molecule has 1 aliphatic rings. The Hall–Kier alpha value is -1.86. The predicted molar refractivity (Wildman–Crippen MR) is 88.0 cm³/mol. The highest BCUT2D eigenvalue weighted by molar-refractivity contribution is 7.89. The minimum Gasteiger partial charge on any atom is -0.366 e. The molecule has 0 unspecified atom stereocenters. The molecule has 124 valence electrons. The molecule has 2 heterocycles. The van der Waals surface area contributed by atoms with Crippen molar-refractivity contribution < 1.29 is 12.9 Å². The lowest BCUT2D eigenvalue weighted by molar-refractivity contribution is 0.392. The normalized spacial score (nSPS) is 14.6. The zero-order valence-corrected chi connectivity index (χ0v) is 14.6. The summed E-state index contributed by atoms with van der Waals surface area (Å²) >= 11 is 0. The van der Waals surface area contributed by atoms with Crippen LogP contribution >= 0.6 is 0 Å². The largest absolute Gasteiger partial charge is 0.366 e. The van der Waals surface area contributed by atoms with Crippen LogP contribution in [0.5, 0.6) is 0 Å². The molecule has 3 rings (SSSR count). The molecule has 0 amide bonds. The number of hydrogen-bond acceptors (Lipinski definition) is 5. The number of aromatic nitrogens is 1. The third-order valence-electron chi connectivity index (χ3n) is 4.35. The van der Waals surface area contributed by atoms with Crippen molar-refractivity contribution in [2.75, 3.05) is 25.5 Å². The number of anilines is 1. The van der Waals surface area contributed by atoms with E-state index < -0.39 is 10.0 Å². The fraction of sp³-hybridized carbons (Fsp3) is 0.438. The summed E-state index contributed by atoms with van der Waals surface area (Å²) in [6.45, 7) is 5.45. The molecule has 1 aliphatic heterocycles. The van der Waals surface area contributed by atoms with Gasteiger partial charge in [0.25, 0.3) is 0 Å². The first-order valence-corrected chi connectivity index (χ1v) is 8.97. The predicted octanol–water partition coefficient (Wildman–Crippen LogP) is 2.10. The Bertz CT molecular complexity index is 821. The van der Waals surface area contributed by atoms with Gasteiger partial charge in [-0.05, 0) is 44.0 Å². The molecule has 1 aromatic carbocycles. The molecule has 23 heavy (non-hydrogen) atoms. The lowest BCUT2D eigenvalue weighted by Gasteiger charge is -2.19. The molecular weight excluding hydrogens is 314 g/mol. The molecule has 0 bridgehead atoms. The van der Waals surface area contributed by atoms with Crippen LogP contribution in [0, 0.1) is 13.8 Å². The van der Waals surface area contributed by atoms with E-state index in [-0.39, 0.29) is 0 Å². The van der Waals surface area contributed by atoms with E-state index in [1.807, 2.05) is 19.9 Å². The van der Waals surface area contributed by atoms with Crippen molar-refractivity contribution in [3.05, 3.63) is 40.8 Å². The van der Waals surface area contributed by atoms with E-state index in [4.69, 9.17) is 4.52 Å². The summed E-state index contributed by atoms with van der Waals surface area (Å²) in [6, 6.07) is 5.37. The van der Waals surface area contributed by atoms with Crippen LogP contribution in [0.2, 0.25) is 0 Å². The molecule has 0 radical (unpaired) electrons. The summed E-state index contributed by atoms with van der Waals surface area (Å²) in [5.74, 6) is 0.836. The van der Waals surface area contributed by atoms with Gasteiger partial charge in [-0.3, -0.25) is 0 Å². The molecule has 0 aliphatic carbocycles. The van der Waals surface area contributed by atoms with Gasteiger partial charge in [0.05, 0.1) is 10.6 Å². The van der Waals surface area contributed by atoms with E-state index in [2.05, 4.69) is 10.1 Å². The van der Waals surface area contributed by atoms with Crippen LogP contribution < -0.4 is 4.90 Å². The number of hydrogen-bond donors (Lipinski definition) is 0. The first-order valence-electron chi connectivity index (χ1n) is 7.53. The van der Waals surface area contributed by atoms with Gasteiger partial charge < -0.3 is 9.42 Å². The second-order valence-corrected chi connectivity index (χ2v) is 8.20. The average Bonchev–Trinajstić information content (AvgIpc) is 3.05. The Labute approximate surface area is 136 Å². The molecular formula is C16H21N3O3S. The topological polar surface area (TPSA) is 66.7 Å². The van der Waals surface area contributed by atoms with Crippen molar-refractivity contribution in [2.45, 2.75) is 31.7 Å². The first kappa shape index (κ1) is 16.0. The number of rotatable bonds is 4. The van der Waals surface area contributed by atoms with Crippen molar-refractivity contribution in [2.24, 2.45) is 0 Å². The lowest BCUT2D eigenvalue weighted by atomic mass is 10.1. The first-order chi connectivity index (χ1) is 10.8. The number of sulfonamides is 1. The second-order valence-electron chi connectivity index (χ2n) is 6.05. The Morgan fingerprint density at radius 3 is 2.65 bits per heavy atom. The summed E-state index contributed by atoms with van der Waals surface area (Å²) < 4.78 is 31.0. The fourth-order valence-corrected chi connectivity index (χ4v) is 3.85. The minimum absolute atomic E-state index is 0.348. The van der Waals surface area contributed by atoms with Gasteiger partial charge in [-0.2, -0.15) is 0 Å².